The summed E-state index contributed by atoms with van der Waals surface area (Å²) in [6.07, 6.45) is 7.70. The van der Waals surface area contributed by atoms with Crippen LogP contribution in [0.3, 0.4) is 0 Å². The summed E-state index contributed by atoms with van der Waals surface area (Å²) in [5.41, 5.74) is 5.28. The molecule has 0 aromatic heterocycles. The van der Waals surface area contributed by atoms with Crippen LogP contribution in [0.5, 0.6) is 0 Å². The van der Waals surface area contributed by atoms with Crippen LogP contribution in [0.15, 0.2) is 0 Å². The molecular weight excluding hydrogens is 260 g/mol. The van der Waals surface area contributed by atoms with Crippen molar-refractivity contribution in [2.75, 3.05) is 13.2 Å². The third kappa shape index (κ3) is 2.77. The maximum absolute atomic E-state index is 12.9. The molecule has 1 amide bonds. The van der Waals surface area contributed by atoms with Gasteiger partial charge in [0.05, 0.1) is 23.1 Å². The number of aliphatic hydroxyl groups is 1. The largest absolute Gasteiger partial charge is 0.394 e. The average molecular weight is 284 g/mol. The van der Waals surface area contributed by atoms with Crippen LogP contribution < -0.4 is 5.73 Å². The van der Waals surface area contributed by atoms with E-state index in [-0.39, 0.29) is 18.6 Å². The van der Waals surface area contributed by atoms with E-state index in [4.69, 9.17) is 18.0 Å². The van der Waals surface area contributed by atoms with Crippen LogP contribution in [0.25, 0.3) is 0 Å². The van der Waals surface area contributed by atoms with Crippen molar-refractivity contribution >= 4 is 23.1 Å². The summed E-state index contributed by atoms with van der Waals surface area (Å²) >= 11 is 5.22. The number of carbonyl (C=O) groups is 1. The molecule has 1 unspecified atom stereocenters. The molecule has 1 aliphatic heterocycles. The van der Waals surface area contributed by atoms with E-state index in [1.165, 1.54) is 0 Å². The van der Waals surface area contributed by atoms with Crippen LogP contribution in [0, 0.1) is 5.41 Å². The van der Waals surface area contributed by atoms with Crippen molar-refractivity contribution < 1.29 is 9.90 Å². The summed E-state index contributed by atoms with van der Waals surface area (Å²) in [5, 5.41) is 9.47. The van der Waals surface area contributed by atoms with Crippen molar-refractivity contribution in [3.05, 3.63) is 0 Å². The molecule has 5 heteroatoms. The van der Waals surface area contributed by atoms with Crippen molar-refractivity contribution in [3.8, 4) is 0 Å². The lowest BCUT2D eigenvalue weighted by Gasteiger charge is -2.43. The number of aliphatic hydroxyl groups excluding tert-OH is 1. The van der Waals surface area contributed by atoms with Crippen molar-refractivity contribution in [2.24, 2.45) is 11.1 Å². The number of nitrogens with two attached hydrogens (primary N) is 1. The Bertz CT molecular complexity index is 353. The monoisotopic (exact) mass is 284 g/mol. The van der Waals surface area contributed by atoms with Crippen LogP contribution >= 0.6 is 12.2 Å². The minimum atomic E-state index is -0.641. The number of thiocarbonyl (C=S) groups is 1. The summed E-state index contributed by atoms with van der Waals surface area (Å²) in [6.45, 7) is 0.771. The van der Waals surface area contributed by atoms with E-state index in [1.807, 2.05) is 4.90 Å². The summed E-state index contributed by atoms with van der Waals surface area (Å²) in [7, 11) is 0. The second kappa shape index (κ2) is 6.18. The smallest absolute Gasteiger partial charge is 0.235 e. The Morgan fingerprint density at radius 3 is 2.53 bits per heavy atom. The molecule has 1 atom stereocenters. The van der Waals surface area contributed by atoms with Crippen molar-refractivity contribution in [2.45, 2.75) is 57.4 Å². The Labute approximate surface area is 120 Å². The molecule has 2 rings (SSSR count). The van der Waals surface area contributed by atoms with Gasteiger partial charge in [-0.05, 0) is 32.1 Å². The van der Waals surface area contributed by atoms with Crippen molar-refractivity contribution in [3.63, 3.8) is 0 Å². The lowest BCUT2D eigenvalue weighted by molar-refractivity contribution is -0.144. The van der Waals surface area contributed by atoms with Crippen LogP contribution in [0.2, 0.25) is 0 Å². The molecule has 1 aliphatic carbocycles. The highest BCUT2D eigenvalue weighted by atomic mass is 32.1. The maximum atomic E-state index is 12.9. The molecular formula is C14H24N2O2S. The zero-order valence-corrected chi connectivity index (χ0v) is 12.3. The highest BCUT2D eigenvalue weighted by Crippen LogP contribution is 2.39. The van der Waals surface area contributed by atoms with Crippen molar-refractivity contribution in [1.29, 1.82) is 0 Å². The molecule has 108 valence electrons. The van der Waals surface area contributed by atoms with Crippen LogP contribution in [0.4, 0.5) is 0 Å². The molecule has 1 saturated heterocycles. The second-order valence-electron chi connectivity index (χ2n) is 5.84. The number of piperidine rings is 1. The van der Waals surface area contributed by atoms with Crippen molar-refractivity contribution in [1.82, 2.24) is 4.90 Å². The van der Waals surface area contributed by atoms with E-state index in [1.54, 1.807) is 0 Å². The number of hydrogen-bond acceptors (Lipinski definition) is 3. The quantitative estimate of drug-likeness (QED) is 0.773. The molecule has 19 heavy (non-hydrogen) atoms. The number of nitrogens with zero attached hydrogens (tertiary/aromatic N) is 1. The van der Waals surface area contributed by atoms with E-state index in [9.17, 15) is 9.90 Å². The van der Waals surface area contributed by atoms with Gasteiger partial charge in [-0.3, -0.25) is 4.79 Å². The van der Waals surface area contributed by atoms with Gasteiger partial charge in [-0.25, -0.2) is 0 Å². The highest BCUT2D eigenvalue weighted by Gasteiger charge is 2.46. The first-order chi connectivity index (χ1) is 9.12. The molecule has 1 saturated carbocycles. The lowest BCUT2D eigenvalue weighted by Crippen LogP contribution is -2.56. The van der Waals surface area contributed by atoms with Gasteiger partial charge in [0.25, 0.3) is 0 Å². The molecule has 4 nitrogen and oxygen atoms in total. The summed E-state index contributed by atoms with van der Waals surface area (Å²) in [4.78, 5) is 15.1. The fourth-order valence-corrected chi connectivity index (χ4v) is 3.75. The topological polar surface area (TPSA) is 66.6 Å². The molecule has 0 aromatic rings. The van der Waals surface area contributed by atoms with Gasteiger partial charge in [0.1, 0.15) is 0 Å². The summed E-state index contributed by atoms with van der Waals surface area (Å²) in [6, 6.07) is -0.0469. The fourth-order valence-electron chi connectivity index (χ4n) is 3.45. The Morgan fingerprint density at radius 1 is 1.26 bits per heavy atom. The number of carbonyl (C=O) groups excluding carboxylic acids is 1. The fraction of sp³-hybridized carbons (Fsp3) is 0.857. The molecule has 0 aromatic carbocycles. The summed E-state index contributed by atoms with van der Waals surface area (Å²) < 4.78 is 0. The number of rotatable bonds is 3. The number of hydrogen-bond donors (Lipinski definition) is 2. The normalized spacial score (nSPS) is 27.0. The van der Waals surface area contributed by atoms with Gasteiger partial charge in [0.2, 0.25) is 5.91 Å². The minimum absolute atomic E-state index is 0.0408. The minimum Gasteiger partial charge on any atom is -0.394 e. The zero-order valence-electron chi connectivity index (χ0n) is 11.4. The molecule has 3 N–H and O–H groups in total. The number of likely N-dealkylation sites (tertiary alicyclic amines) is 1. The summed E-state index contributed by atoms with van der Waals surface area (Å²) in [5.74, 6) is 0.0680. The average Bonchev–Trinajstić information content (AvgIpc) is 2.47. The van der Waals surface area contributed by atoms with E-state index in [2.05, 4.69) is 0 Å². The first-order valence-electron chi connectivity index (χ1n) is 7.33. The highest BCUT2D eigenvalue weighted by molar-refractivity contribution is 7.80. The third-order valence-electron chi connectivity index (χ3n) is 4.69. The molecule has 0 radical (unpaired) electrons. The SMILES string of the molecule is NC(=S)C1(C(=O)N2CCCCC2CO)CCCCC1. The molecule has 0 spiro atoms. The van der Waals surface area contributed by atoms with Crippen LogP contribution in [0.1, 0.15) is 51.4 Å². The van der Waals surface area contributed by atoms with E-state index in [0.717, 1.165) is 57.9 Å². The standard InChI is InChI=1S/C14H24N2O2S/c15-12(19)14(7-3-1-4-8-14)13(18)16-9-5-2-6-11(16)10-17/h11,17H,1-10H2,(H2,15,19). The second-order valence-corrected chi connectivity index (χ2v) is 6.28. The van der Waals surface area contributed by atoms with Gasteiger partial charge in [-0.2, -0.15) is 0 Å². The first-order valence-corrected chi connectivity index (χ1v) is 7.74. The van der Waals surface area contributed by atoms with Crippen LogP contribution in [-0.4, -0.2) is 40.1 Å². The Morgan fingerprint density at radius 2 is 1.95 bits per heavy atom. The molecule has 2 aliphatic rings. The van der Waals surface area contributed by atoms with Gasteiger partial charge in [0.15, 0.2) is 0 Å². The third-order valence-corrected chi connectivity index (χ3v) is 5.08. The Hall–Kier alpha value is -0.680. The van der Waals surface area contributed by atoms with E-state index >= 15 is 0 Å². The number of amides is 1. The zero-order chi connectivity index (χ0) is 13.9. The van der Waals surface area contributed by atoms with Gasteiger partial charge in [-0.1, -0.05) is 31.5 Å². The Balaban J connectivity index is 2.21. The van der Waals surface area contributed by atoms with E-state index < -0.39 is 5.41 Å². The maximum Gasteiger partial charge on any atom is 0.235 e. The van der Waals surface area contributed by atoms with E-state index in [0.29, 0.717) is 4.99 Å². The van der Waals surface area contributed by atoms with Gasteiger partial charge in [0, 0.05) is 6.54 Å². The van der Waals surface area contributed by atoms with Crippen LogP contribution in [-0.2, 0) is 4.79 Å². The Kier molecular flexibility index (Phi) is 4.79. The van der Waals surface area contributed by atoms with Gasteiger partial charge < -0.3 is 15.7 Å². The van der Waals surface area contributed by atoms with Gasteiger partial charge in [-0.15, -0.1) is 0 Å². The molecule has 2 fully saturated rings. The molecule has 1 heterocycles. The first kappa shape index (κ1) is 14.7. The lowest BCUT2D eigenvalue weighted by atomic mass is 9.72. The predicted octanol–water partition coefficient (Wildman–Crippen LogP) is 1.60. The van der Waals surface area contributed by atoms with Gasteiger partial charge >= 0.3 is 0 Å². The predicted molar refractivity (Wildman–Crippen MR) is 78.7 cm³/mol. The molecule has 0 bridgehead atoms.